The average molecular weight is 338 g/mol. The number of ether oxygens (including phenoxy) is 1. The quantitative estimate of drug-likeness (QED) is 0.855. The standard InChI is InChI=1S/C12H16ClNO4S2/c1-7-5-9(6-18-7)12(15)14-8(2)10-3-4-11(19-10)20(13,16)17/h3-4,7-9H,5-6H2,1-2H3,(H,14,15). The summed E-state index contributed by atoms with van der Waals surface area (Å²) < 4.78 is 27.9. The molecule has 0 aromatic carbocycles. The fourth-order valence-electron chi connectivity index (χ4n) is 2.10. The van der Waals surface area contributed by atoms with Gasteiger partial charge in [0.2, 0.25) is 5.91 Å². The lowest BCUT2D eigenvalue weighted by Gasteiger charge is -2.15. The van der Waals surface area contributed by atoms with Crippen molar-refractivity contribution in [1.82, 2.24) is 5.32 Å². The highest BCUT2D eigenvalue weighted by Crippen LogP contribution is 2.29. The van der Waals surface area contributed by atoms with Gasteiger partial charge in [-0.3, -0.25) is 4.79 Å². The molecule has 3 unspecified atom stereocenters. The van der Waals surface area contributed by atoms with Gasteiger partial charge >= 0.3 is 0 Å². The zero-order valence-electron chi connectivity index (χ0n) is 11.1. The summed E-state index contributed by atoms with van der Waals surface area (Å²) in [5.41, 5.74) is 0. The Bertz CT molecular complexity index is 598. The van der Waals surface area contributed by atoms with Crippen molar-refractivity contribution in [2.75, 3.05) is 6.61 Å². The Balaban J connectivity index is 1.99. The minimum Gasteiger partial charge on any atom is -0.378 e. The molecule has 1 aliphatic heterocycles. The van der Waals surface area contributed by atoms with Crippen molar-refractivity contribution in [3.8, 4) is 0 Å². The number of carbonyl (C=O) groups excluding carboxylic acids is 1. The number of amides is 1. The molecule has 1 saturated heterocycles. The lowest BCUT2D eigenvalue weighted by Crippen LogP contribution is -2.32. The summed E-state index contributed by atoms with van der Waals surface area (Å²) in [4.78, 5) is 12.8. The predicted molar refractivity (Wildman–Crippen MR) is 77.4 cm³/mol. The van der Waals surface area contributed by atoms with Crippen LogP contribution in [0, 0.1) is 5.92 Å². The van der Waals surface area contributed by atoms with E-state index < -0.39 is 9.05 Å². The summed E-state index contributed by atoms with van der Waals surface area (Å²) in [6, 6.07) is 2.86. The second-order valence-corrected chi connectivity index (χ2v) is 8.81. The normalized spacial score (nSPS) is 24.6. The van der Waals surface area contributed by atoms with Crippen LogP contribution in [-0.2, 0) is 18.6 Å². The number of hydrogen-bond donors (Lipinski definition) is 1. The van der Waals surface area contributed by atoms with E-state index in [1.54, 1.807) is 6.07 Å². The third-order valence-electron chi connectivity index (χ3n) is 3.20. The van der Waals surface area contributed by atoms with Crippen LogP contribution < -0.4 is 5.32 Å². The maximum absolute atomic E-state index is 12.0. The summed E-state index contributed by atoms with van der Waals surface area (Å²) in [7, 11) is 1.57. The van der Waals surface area contributed by atoms with Crippen LogP contribution in [-0.4, -0.2) is 27.0 Å². The summed E-state index contributed by atoms with van der Waals surface area (Å²) in [6.45, 7) is 4.19. The van der Waals surface area contributed by atoms with Crippen molar-refractivity contribution in [3.05, 3.63) is 17.0 Å². The van der Waals surface area contributed by atoms with Crippen LogP contribution >= 0.6 is 22.0 Å². The molecule has 20 heavy (non-hydrogen) atoms. The lowest BCUT2D eigenvalue weighted by atomic mass is 10.1. The second-order valence-electron chi connectivity index (χ2n) is 4.90. The van der Waals surface area contributed by atoms with Crippen molar-refractivity contribution < 1.29 is 17.9 Å². The number of halogens is 1. The van der Waals surface area contributed by atoms with E-state index in [0.29, 0.717) is 13.0 Å². The van der Waals surface area contributed by atoms with E-state index in [-0.39, 0.29) is 28.2 Å². The van der Waals surface area contributed by atoms with E-state index in [1.807, 2.05) is 13.8 Å². The van der Waals surface area contributed by atoms with E-state index in [9.17, 15) is 13.2 Å². The zero-order chi connectivity index (χ0) is 14.9. The maximum atomic E-state index is 12.0. The Kier molecular flexibility index (Phi) is 4.73. The predicted octanol–water partition coefficient (Wildman–Crippen LogP) is 2.28. The van der Waals surface area contributed by atoms with E-state index >= 15 is 0 Å². The Morgan fingerprint density at radius 1 is 1.55 bits per heavy atom. The summed E-state index contributed by atoms with van der Waals surface area (Å²) in [5.74, 6) is -0.200. The molecule has 8 heteroatoms. The van der Waals surface area contributed by atoms with Crippen molar-refractivity contribution in [1.29, 1.82) is 0 Å². The van der Waals surface area contributed by atoms with Crippen LogP contribution in [0.5, 0.6) is 0 Å². The SMILES string of the molecule is CC1CC(C(=O)NC(C)c2ccc(S(=O)(=O)Cl)s2)CO1. The van der Waals surface area contributed by atoms with Gasteiger partial charge in [-0.2, -0.15) is 0 Å². The van der Waals surface area contributed by atoms with Crippen LogP contribution in [0.15, 0.2) is 16.3 Å². The molecule has 1 aliphatic rings. The Morgan fingerprint density at radius 2 is 2.25 bits per heavy atom. The van der Waals surface area contributed by atoms with Gasteiger partial charge in [-0.15, -0.1) is 11.3 Å². The van der Waals surface area contributed by atoms with Crippen molar-refractivity contribution in [3.63, 3.8) is 0 Å². The molecule has 3 atom stereocenters. The van der Waals surface area contributed by atoms with E-state index in [4.69, 9.17) is 15.4 Å². The molecule has 2 rings (SSSR count). The molecule has 5 nitrogen and oxygen atoms in total. The van der Waals surface area contributed by atoms with Gasteiger partial charge < -0.3 is 10.1 Å². The Hall–Kier alpha value is -0.630. The monoisotopic (exact) mass is 337 g/mol. The molecule has 0 spiro atoms. The Morgan fingerprint density at radius 3 is 2.75 bits per heavy atom. The van der Waals surface area contributed by atoms with Crippen LogP contribution in [0.4, 0.5) is 0 Å². The van der Waals surface area contributed by atoms with Crippen LogP contribution in [0.3, 0.4) is 0 Å². The van der Waals surface area contributed by atoms with Crippen molar-refractivity contribution >= 4 is 37.0 Å². The van der Waals surface area contributed by atoms with Gasteiger partial charge in [0.05, 0.1) is 24.7 Å². The first-order valence-electron chi connectivity index (χ1n) is 6.23. The fourth-order valence-corrected chi connectivity index (χ4v) is 4.20. The first kappa shape index (κ1) is 15.8. The largest absolute Gasteiger partial charge is 0.378 e. The molecule has 1 aromatic heterocycles. The zero-order valence-corrected chi connectivity index (χ0v) is 13.5. The molecule has 1 aromatic rings. The Labute approximate surface area is 126 Å². The molecule has 0 bridgehead atoms. The molecular weight excluding hydrogens is 322 g/mol. The number of thiophene rings is 1. The maximum Gasteiger partial charge on any atom is 0.270 e. The lowest BCUT2D eigenvalue weighted by molar-refractivity contribution is -0.125. The highest BCUT2D eigenvalue weighted by Gasteiger charge is 2.29. The molecule has 1 N–H and O–H groups in total. The number of carbonyl (C=O) groups is 1. The average Bonchev–Trinajstić information content (AvgIpc) is 2.95. The molecule has 2 heterocycles. The minimum absolute atomic E-state index is 0.0643. The summed E-state index contributed by atoms with van der Waals surface area (Å²) in [6.07, 6.45) is 0.820. The number of rotatable bonds is 4. The molecule has 112 valence electrons. The third-order valence-corrected chi connectivity index (χ3v) is 6.56. The van der Waals surface area contributed by atoms with Gasteiger partial charge in [-0.25, -0.2) is 8.42 Å². The van der Waals surface area contributed by atoms with Gasteiger partial charge in [-0.1, -0.05) is 0 Å². The highest BCUT2D eigenvalue weighted by molar-refractivity contribution is 8.15. The fraction of sp³-hybridized carbons (Fsp3) is 0.583. The summed E-state index contributed by atoms with van der Waals surface area (Å²) >= 11 is 1.07. The first-order chi connectivity index (χ1) is 9.27. The van der Waals surface area contributed by atoms with E-state index in [1.165, 1.54) is 6.07 Å². The second kappa shape index (κ2) is 6.01. The summed E-state index contributed by atoms with van der Waals surface area (Å²) in [5, 5.41) is 2.88. The minimum atomic E-state index is -3.71. The molecule has 1 amide bonds. The van der Waals surface area contributed by atoms with Gasteiger partial charge in [0.1, 0.15) is 4.21 Å². The van der Waals surface area contributed by atoms with Crippen molar-refractivity contribution in [2.24, 2.45) is 5.92 Å². The van der Waals surface area contributed by atoms with E-state index in [0.717, 1.165) is 16.2 Å². The number of hydrogen-bond acceptors (Lipinski definition) is 5. The van der Waals surface area contributed by atoms with Crippen LogP contribution in [0.2, 0.25) is 0 Å². The topological polar surface area (TPSA) is 72.5 Å². The van der Waals surface area contributed by atoms with Gasteiger partial charge in [-0.05, 0) is 32.4 Å². The van der Waals surface area contributed by atoms with Crippen molar-refractivity contribution in [2.45, 2.75) is 36.6 Å². The van der Waals surface area contributed by atoms with Gasteiger partial charge in [0.15, 0.2) is 0 Å². The molecular formula is C12H16ClNO4S2. The first-order valence-corrected chi connectivity index (χ1v) is 9.36. The van der Waals surface area contributed by atoms with Gasteiger partial charge in [0.25, 0.3) is 9.05 Å². The van der Waals surface area contributed by atoms with Crippen LogP contribution in [0.25, 0.3) is 0 Å². The van der Waals surface area contributed by atoms with Crippen LogP contribution in [0.1, 0.15) is 31.2 Å². The van der Waals surface area contributed by atoms with E-state index in [2.05, 4.69) is 5.32 Å². The molecule has 0 radical (unpaired) electrons. The molecule has 0 saturated carbocycles. The van der Waals surface area contributed by atoms with Gasteiger partial charge in [0, 0.05) is 15.6 Å². The molecule has 0 aliphatic carbocycles. The molecule has 1 fully saturated rings. The number of nitrogens with one attached hydrogen (secondary N) is 1. The smallest absolute Gasteiger partial charge is 0.270 e. The third kappa shape index (κ3) is 3.72. The highest BCUT2D eigenvalue weighted by atomic mass is 35.7.